The quantitative estimate of drug-likeness (QED) is 0.162. The Bertz CT molecular complexity index is 1170. The van der Waals surface area contributed by atoms with Crippen LogP contribution in [0.4, 0.5) is 22.0 Å². The van der Waals surface area contributed by atoms with E-state index < -0.39 is 54.6 Å². The number of carbonyl (C=O) groups excluding carboxylic acids is 1. The first-order valence-corrected chi connectivity index (χ1v) is 9.44. The summed E-state index contributed by atoms with van der Waals surface area (Å²) in [7, 11) is -4.41. The summed E-state index contributed by atoms with van der Waals surface area (Å²) in [5.41, 5.74) is -0.300. The summed E-state index contributed by atoms with van der Waals surface area (Å²) in [4.78, 5) is 34.0. The summed E-state index contributed by atoms with van der Waals surface area (Å²) in [6.07, 6.45) is 0.613. The van der Waals surface area contributed by atoms with Crippen LogP contribution in [0.1, 0.15) is 16.1 Å². The maximum absolute atomic E-state index is 13.7. The molecule has 6 nitrogen and oxygen atoms in total. The van der Waals surface area contributed by atoms with Gasteiger partial charge >= 0.3 is 13.6 Å². The van der Waals surface area contributed by atoms with Crippen LogP contribution in [0, 0.1) is 29.1 Å². The Balaban J connectivity index is 1.97. The molecule has 3 aromatic rings. The van der Waals surface area contributed by atoms with Crippen LogP contribution in [-0.2, 0) is 10.7 Å². The number of esters is 1. The molecule has 0 amide bonds. The number of aromatic nitrogens is 1. The largest absolute Gasteiger partial charge is 0.416 e. The molecule has 12 heteroatoms. The van der Waals surface area contributed by atoms with Gasteiger partial charge in [-0.1, -0.05) is 6.07 Å². The van der Waals surface area contributed by atoms with Crippen LogP contribution in [0.25, 0.3) is 10.8 Å². The van der Waals surface area contributed by atoms with E-state index >= 15 is 0 Å². The van der Waals surface area contributed by atoms with Crippen LogP contribution in [0.15, 0.2) is 30.5 Å². The lowest BCUT2D eigenvalue weighted by Gasteiger charge is -2.10. The minimum Gasteiger partial charge on any atom is -0.416 e. The van der Waals surface area contributed by atoms with E-state index in [-0.39, 0.29) is 16.6 Å². The number of pyridine rings is 1. The van der Waals surface area contributed by atoms with Crippen molar-refractivity contribution in [3.05, 3.63) is 70.8 Å². The summed E-state index contributed by atoms with van der Waals surface area (Å²) < 4.78 is 82.3. The standard InChI is InChI=1S/C17H9F5NO5P/c18-11-12(19)14(21)16(15(22)13(11)20)28-17(24)7-1-2-8-5-23-10(4-9(8)3-7)6-29(25,26)27/h1-5H,6H2,(H2,25,26,27). The molecule has 0 aliphatic rings. The van der Waals surface area contributed by atoms with Gasteiger partial charge in [0.05, 0.1) is 17.4 Å². The molecule has 29 heavy (non-hydrogen) atoms. The van der Waals surface area contributed by atoms with Crippen LogP contribution >= 0.6 is 7.60 Å². The number of nitrogens with zero attached hydrogens (tertiary/aromatic N) is 1. The maximum Gasteiger partial charge on any atom is 0.343 e. The van der Waals surface area contributed by atoms with Crippen LogP contribution in [0.2, 0.25) is 0 Å². The fraction of sp³-hybridized carbons (Fsp3) is 0.0588. The minimum atomic E-state index is -4.41. The summed E-state index contributed by atoms with van der Waals surface area (Å²) >= 11 is 0. The molecule has 0 radical (unpaired) electrons. The smallest absolute Gasteiger partial charge is 0.343 e. The van der Waals surface area contributed by atoms with Crippen molar-refractivity contribution in [2.24, 2.45) is 0 Å². The maximum atomic E-state index is 13.7. The third-order valence-electron chi connectivity index (χ3n) is 3.75. The number of halogens is 5. The Kier molecular flexibility index (Phi) is 5.40. The molecule has 2 aromatic carbocycles. The zero-order chi connectivity index (χ0) is 21.5. The lowest BCUT2D eigenvalue weighted by Crippen LogP contribution is -2.13. The third kappa shape index (κ3) is 4.26. The van der Waals surface area contributed by atoms with Crippen molar-refractivity contribution in [2.45, 2.75) is 6.16 Å². The van der Waals surface area contributed by atoms with Crippen molar-refractivity contribution in [1.29, 1.82) is 0 Å². The lowest BCUT2D eigenvalue weighted by molar-refractivity contribution is 0.0716. The topological polar surface area (TPSA) is 96.7 Å². The van der Waals surface area contributed by atoms with Crippen molar-refractivity contribution in [1.82, 2.24) is 4.98 Å². The zero-order valence-electron chi connectivity index (χ0n) is 14.0. The number of carbonyl (C=O) groups is 1. The van der Waals surface area contributed by atoms with Gasteiger partial charge in [0.25, 0.3) is 0 Å². The van der Waals surface area contributed by atoms with Gasteiger partial charge in [0, 0.05) is 11.6 Å². The van der Waals surface area contributed by atoms with E-state index in [9.17, 15) is 31.3 Å². The first-order chi connectivity index (χ1) is 13.5. The fourth-order valence-electron chi connectivity index (χ4n) is 2.44. The molecular formula is C17H9F5NO5P. The van der Waals surface area contributed by atoms with Crippen LogP contribution in [0.5, 0.6) is 5.75 Å². The number of rotatable bonds is 4. The number of fused-ring (bicyclic) bond motifs is 1. The Morgan fingerprint density at radius 1 is 0.931 bits per heavy atom. The van der Waals surface area contributed by atoms with Crippen molar-refractivity contribution in [3.63, 3.8) is 0 Å². The zero-order valence-corrected chi connectivity index (χ0v) is 14.9. The summed E-state index contributed by atoms with van der Waals surface area (Å²) in [5, 5.41) is 0.725. The Morgan fingerprint density at radius 3 is 2.10 bits per heavy atom. The molecular weight excluding hydrogens is 424 g/mol. The Labute approximate surface area is 158 Å². The van der Waals surface area contributed by atoms with E-state index in [0.717, 1.165) is 12.1 Å². The summed E-state index contributed by atoms with van der Waals surface area (Å²) in [6.45, 7) is 0. The van der Waals surface area contributed by atoms with Crippen molar-refractivity contribution >= 4 is 24.3 Å². The van der Waals surface area contributed by atoms with Gasteiger partial charge < -0.3 is 14.5 Å². The van der Waals surface area contributed by atoms with Gasteiger partial charge in [0.2, 0.25) is 34.8 Å². The lowest BCUT2D eigenvalue weighted by atomic mass is 10.1. The molecule has 152 valence electrons. The van der Waals surface area contributed by atoms with E-state index in [0.29, 0.717) is 5.39 Å². The second-order valence-electron chi connectivity index (χ2n) is 5.85. The fourth-order valence-corrected chi connectivity index (χ4v) is 3.03. The monoisotopic (exact) mass is 433 g/mol. The van der Waals surface area contributed by atoms with Crippen LogP contribution < -0.4 is 4.74 Å². The highest BCUT2D eigenvalue weighted by Gasteiger charge is 2.29. The molecule has 0 saturated heterocycles. The van der Waals surface area contributed by atoms with Gasteiger partial charge in [-0.3, -0.25) is 9.55 Å². The molecule has 0 unspecified atom stereocenters. The molecule has 0 spiro atoms. The van der Waals surface area contributed by atoms with E-state index in [1.54, 1.807) is 0 Å². The van der Waals surface area contributed by atoms with Gasteiger partial charge in [-0.2, -0.15) is 8.78 Å². The second-order valence-corrected chi connectivity index (χ2v) is 7.49. The number of benzene rings is 2. The molecule has 0 saturated carbocycles. The molecule has 0 atom stereocenters. The molecule has 1 heterocycles. The predicted molar refractivity (Wildman–Crippen MR) is 88.7 cm³/mol. The summed E-state index contributed by atoms with van der Waals surface area (Å²) in [6, 6.07) is 4.91. The predicted octanol–water partition coefficient (Wildman–Crippen LogP) is 3.83. The van der Waals surface area contributed by atoms with Crippen LogP contribution in [-0.4, -0.2) is 20.7 Å². The molecule has 3 rings (SSSR count). The average molecular weight is 433 g/mol. The van der Waals surface area contributed by atoms with Gasteiger partial charge in [0.1, 0.15) is 0 Å². The highest BCUT2D eigenvalue weighted by Crippen LogP contribution is 2.39. The third-order valence-corrected chi connectivity index (χ3v) is 4.48. The molecule has 0 aliphatic heterocycles. The molecule has 0 bridgehead atoms. The summed E-state index contributed by atoms with van der Waals surface area (Å²) in [5.74, 6) is -14.7. The van der Waals surface area contributed by atoms with Gasteiger partial charge in [-0.05, 0) is 23.6 Å². The Hall–Kier alpha value is -2.88. The molecule has 2 N–H and O–H groups in total. The normalized spacial score (nSPS) is 11.7. The average Bonchev–Trinajstić information content (AvgIpc) is 2.66. The number of ether oxygens (including phenoxy) is 1. The van der Waals surface area contributed by atoms with Gasteiger partial charge in [-0.25, -0.2) is 18.0 Å². The van der Waals surface area contributed by atoms with Crippen molar-refractivity contribution < 1.29 is 45.8 Å². The highest BCUT2D eigenvalue weighted by molar-refractivity contribution is 7.50. The van der Waals surface area contributed by atoms with Gasteiger partial charge in [0.15, 0.2) is 0 Å². The molecule has 0 fully saturated rings. The van der Waals surface area contributed by atoms with E-state index in [2.05, 4.69) is 9.72 Å². The first kappa shape index (κ1) is 20.8. The molecule has 1 aromatic heterocycles. The number of hydrogen-bond donors (Lipinski definition) is 2. The SMILES string of the molecule is O=C(Oc1c(F)c(F)c(F)c(F)c1F)c1ccc2cnc(CP(=O)(O)O)cc2c1. The number of hydrogen-bond acceptors (Lipinski definition) is 4. The van der Waals surface area contributed by atoms with E-state index in [1.165, 1.54) is 18.3 Å². The van der Waals surface area contributed by atoms with Crippen molar-refractivity contribution in [3.8, 4) is 5.75 Å². The Morgan fingerprint density at radius 2 is 1.52 bits per heavy atom. The second kappa shape index (κ2) is 7.51. The van der Waals surface area contributed by atoms with Crippen LogP contribution in [0.3, 0.4) is 0 Å². The minimum absolute atomic E-state index is 0.0103. The first-order valence-electron chi connectivity index (χ1n) is 7.65. The van der Waals surface area contributed by atoms with Crippen molar-refractivity contribution in [2.75, 3.05) is 0 Å². The highest BCUT2D eigenvalue weighted by atomic mass is 31.2. The van der Waals surface area contributed by atoms with E-state index in [4.69, 9.17) is 9.79 Å². The molecule has 0 aliphatic carbocycles. The van der Waals surface area contributed by atoms with Gasteiger partial charge in [-0.15, -0.1) is 0 Å². The van der Waals surface area contributed by atoms with E-state index in [1.807, 2.05) is 0 Å².